The van der Waals surface area contributed by atoms with Gasteiger partial charge in [-0.2, -0.15) is 10.2 Å². The third-order valence-corrected chi connectivity index (χ3v) is 5.07. The Morgan fingerprint density at radius 1 is 1.17 bits per heavy atom. The molecule has 3 aromatic rings. The second-order valence-corrected chi connectivity index (χ2v) is 7.00. The molecule has 8 heteroatoms. The first-order valence-corrected chi connectivity index (χ1v) is 9.65. The van der Waals surface area contributed by atoms with Crippen LogP contribution in [0.5, 0.6) is 5.75 Å². The van der Waals surface area contributed by atoms with Gasteiger partial charge in [0, 0.05) is 37.3 Å². The number of methoxy groups -OCH3 is 1. The van der Waals surface area contributed by atoms with E-state index in [0.717, 1.165) is 11.3 Å². The predicted octanol–water partition coefficient (Wildman–Crippen LogP) is 2.57. The number of carbonyl (C=O) groups is 1. The lowest BCUT2D eigenvalue weighted by Gasteiger charge is -2.34. The number of nitrogens with zero attached hydrogens (tertiary/aromatic N) is 5. The summed E-state index contributed by atoms with van der Waals surface area (Å²) in [6.45, 7) is 3.17. The summed E-state index contributed by atoms with van der Waals surface area (Å²) in [6, 6.07) is 16.4. The van der Waals surface area contributed by atoms with Gasteiger partial charge in [-0.05, 0) is 42.5 Å². The number of piperazine rings is 1. The third kappa shape index (κ3) is 4.31. The summed E-state index contributed by atoms with van der Waals surface area (Å²) in [6.07, 6.45) is 0. The van der Waals surface area contributed by atoms with E-state index in [0.29, 0.717) is 55.6 Å². The Hall–Kier alpha value is -3.70. The van der Waals surface area contributed by atoms with Crippen LogP contribution in [-0.2, 0) is 6.54 Å². The zero-order chi connectivity index (χ0) is 20.9. The van der Waals surface area contributed by atoms with Crippen LogP contribution in [0.2, 0.25) is 0 Å². The summed E-state index contributed by atoms with van der Waals surface area (Å²) in [5.41, 5.74) is 1.90. The molecule has 1 fully saturated rings. The van der Waals surface area contributed by atoms with Crippen molar-refractivity contribution in [2.24, 2.45) is 0 Å². The fraction of sp³-hybridized carbons (Fsp3) is 0.273. The molecule has 1 saturated heterocycles. The topological polar surface area (TPSA) is 95.5 Å². The molecule has 2 aromatic carbocycles. The van der Waals surface area contributed by atoms with Gasteiger partial charge in [0.15, 0.2) is 0 Å². The minimum Gasteiger partial charge on any atom is -0.497 e. The maximum absolute atomic E-state index is 12.7. The normalized spacial score (nSPS) is 14.3. The van der Waals surface area contributed by atoms with Gasteiger partial charge < -0.3 is 14.2 Å². The zero-order valence-electron chi connectivity index (χ0n) is 16.6. The highest BCUT2D eigenvalue weighted by atomic mass is 16.5. The summed E-state index contributed by atoms with van der Waals surface area (Å²) in [7, 11) is 1.62. The predicted molar refractivity (Wildman–Crippen MR) is 109 cm³/mol. The second kappa shape index (κ2) is 8.76. The number of rotatable bonds is 5. The Morgan fingerprint density at radius 2 is 1.93 bits per heavy atom. The van der Waals surface area contributed by atoms with Crippen LogP contribution >= 0.6 is 0 Å². The minimum absolute atomic E-state index is 0.0497. The van der Waals surface area contributed by atoms with Gasteiger partial charge in [0.2, 0.25) is 11.7 Å². The summed E-state index contributed by atoms with van der Waals surface area (Å²) < 4.78 is 10.6. The smallest absolute Gasteiger partial charge is 0.253 e. The van der Waals surface area contributed by atoms with Gasteiger partial charge in [0.25, 0.3) is 5.91 Å². The van der Waals surface area contributed by atoms with E-state index in [4.69, 9.17) is 14.5 Å². The second-order valence-electron chi connectivity index (χ2n) is 7.00. The summed E-state index contributed by atoms with van der Waals surface area (Å²) in [4.78, 5) is 21.2. The van der Waals surface area contributed by atoms with Crippen molar-refractivity contribution in [1.82, 2.24) is 19.9 Å². The van der Waals surface area contributed by atoms with Crippen molar-refractivity contribution >= 4 is 5.91 Å². The summed E-state index contributed by atoms with van der Waals surface area (Å²) in [5, 5.41) is 13.1. The molecule has 0 saturated carbocycles. The monoisotopic (exact) mass is 403 g/mol. The number of amides is 1. The Labute approximate surface area is 174 Å². The van der Waals surface area contributed by atoms with Crippen molar-refractivity contribution in [3.63, 3.8) is 0 Å². The molecule has 0 unspecified atom stereocenters. The molecule has 1 amide bonds. The van der Waals surface area contributed by atoms with Crippen molar-refractivity contribution in [1.29, 1.82) is 5.26 Å². The van der Waals surface area contributed by atoms with Crippen LogP contribution in [0.3, 0.4) is 0 Å². The quantitative estimate of drug-likeness (QED) is 0.646. The first-order chi connectivity index (χ1) is 14.7. The lowest BCUT2D eigenvalue weighted by Crippen LogP contribution is -2.48. The Kier molecular flexibility index (Phi) is 5.72. The first kappa shape index (κ1) is 19.6. The van der Waals surface area contributed by atoms with Crippen molar-refractivity contribution in [2.75, 3.05) is 33.3 Å². The SMILES string of the molecule is COc1ccc(-c2noc(CN3CCN(C(=O)c4cccc(C#N)c4)CC3)n2)cc1. The Balaban J connectivity index is 1.33. The zero-order valence-corrected chi connectivity index (χ0v) is 16.6. The van der Waals surface area contributed by atoms with Gasteiger partial charge >= 0.3 is 0 Å². The molecule has 1 aliphatic rings. The van der Waals surface area contributed by atoms with Gasteiger partial charge in [-0.15, -0.1) is 0 Å². The highest BCUT2D eigenvalue weighted by Crippen LogP contribution is 2.20. The maximum Gasteiger partial charge on any atom is 0.253 e. The van der Waals surface area contributed by atoms with Crippen LogP contribution in [-0.4, -0.2) is 59.1 Å². The van der Waals surface area contributed by atoms with Gasteiger partial charge in [0.1, 0.15) is 5.75 Å². The Bertz CT molecular complexity index is 1060. The van der Waals surface area contributed by atoms with E-state index in [1.165, 1.54) is 0 Å². The summed E-state index contributed by atoms with van der Waals surface area (Å²) in [5.74, 6) is 1.81. The van der Waals surface area contributed by atoms with Crippen LogP contribution in [0.4, 0.5) is 0 Å². The lowest BCUT2D eigenvalue weighted by atomic mass is 10.1. The highest BCUT2D eigenvalue weighted by Gasteiger charge is 2.23. The number of nitriles is 1. The summed E-state index contributed by atoms with van der Waals surface area (Å²) >= 11 is 0. The number of ether oxygens (including phenoxy) is 1. The molecule has 4 rings (SSSR count). The van der Waals surface area contributed by atoms with Crippen LogP contribution in [0, 0.1) is 11.3 Å². The number of aromatic nitrogens is 2. The molecular weight excluding hydrogens is 382 g/mol. The van der Waals surface area contributed by atoms with E-state index in [1.54, 1.807) is 31.4 Å². The maximum atomic E-state index is 12.7. The highest BCUT2D eigenvalue weighted by molar-refractivity contribution is 5.94. The van der Waals surface area contributed by atoms with E-state index in [9.17, 15) is 4.79 Å². The van der Waals surface area contributed by atoms with Gasteiger partial charge in [0.05, 0.1) is 25.3 Å². The fourth-order valence-electron chi connectivity index (χ4n) is 3.38. The molecule has 0 N–H and O–H groups in total. The molecule has 0 atom stereocenters. The van der Waals surface area contributed by atoms with Gasteiger partial charge in [-0.3, -0.25) is 9.69 Å². The molecule has 152 valence electrons. The van der Waals surface area contributed by atoms with E-state index >= 15 is 0 Å². The first-order valence-electron chi connectivity index (χ1n) is 9.65. The largest absolute Gasteiger partial charge is 0.497 e. The van der Waals surface area contributed by atoms with Gasteiger partial charge in [-0.1, -0.05) is 11.2 Å². The number of hydrogen-bond donors (Lipinski definition) is 0. The molecule has 1 aromatic heterocycles. The molecule has 0 spiro atoms. The van der Waals surface area contributed by atoms with Gasteiger partial charge in [-0.25, -0.2) is 0 Å². The van der Waals surface area contributed by atoms with Crippen molar-refractivity contribution < 1.29 is 14.1 Å². The van der Waals surface area contributed by atoms with Crippen LogP contribution in [0.1, 0.15) is 21.8 Å². The molecule has 8 nitrogen and oxygen atoms in total. The average molecular weight is 403 g/mol. The van der Waals surface area contributed by atoms with E-state index in [1.807, 2.05) is 29.2 Å². The number of carbonyl (C=O) groups excluding carboxylic acids is 1. The molecule has 0 aliphatic carbocycles. The molecule has 0 radical (unpaired) electrons. The molecule has 1 aliphatic heterocycles. The van der Waals surface area contributed by atoms with Crippen LogP contribution in [0.15, 0.2) is 53.1 Å². The molecule has 0 bridgehead atoms. The Morgan fingerprint density at radius 3 is 2.63 bits per heavy atom. The lowest BCUT2D eigenvalue weighted by molar-refractivity contribution is 0.0615. The molecule has 2 heterocycles. The standard InChI is InChI=1S/C22H21N5O3/c1-29-19-7-5-17(6-8-19)21-24-20(30-25-21)15-26-9-11-27(12-10-26)22(28)18-4-2-3-16(13-18)14-23/h2-8,13H,9-12,15H2,1H3. The van der Waals surface area contributed by atoms with Crippen LogP contribution < -0.4 is 4.74 Å². The fourth-order valence-corrected chi connectivity index (χ4v) is 3.38. The van der Waals surface area contributed by atoms with E-state index in [2.05, 4.69) is 21.1 Å². The average Bonchev–Trinajstić information content (AvgIpc) is 3.27. The van der Waals surface area contributed by atoms with Crippen molar-refractivity contribution in [3.05, 3.63) is 65.5 Å². The minimum atomic E-state index is -0.0497. The van der Waals surface area contributed by atoms with Crippen LogP contribution in [0.25, 0.3) is 11.4 Å². The molecule has 30 heavy (non-hydrogen) atoms. The third-order valence-electron chi connectivity index (χ3n) is 5.07. The number of hydrogen-bond acceptors (Lipinski definition) is 7. The van der Waals surface area contributed by atoms with E-state index < -0.39 is 0 Å². The molecular formula is C22H21N5O3. The van der Waals surface area contributed by atoms with Crippen molar-refractivity contribution in [3.8, 4) is 23.2 Å². The van der Waals surface area contributed by atoms with Crippen molar-refractivity contribution in [2.45, 2.75) is 6.54 Å². The number of benzene rings is 2. The van der Waals surface area contributed by atoms with E-state index in [-0.39, 0.29) is 5.91 Å².